The molecular formula is C17H26N4O. The first-order valence-electron chi connectivity index (χ1n) is 8.44. The summed E-state index contributed by atoms with van der Waals surface area (Å²) in [6, 6.07) is 4.32. The number of hydrogen-bond donors (Lipinski definition) is 1. The van der Waals surface area contributed by atoms with Crippen molar-refractivity contribution in [1.29, 1.82) is 0 Å². The number of pyridine rings is 1. The number of rotatable bonds is 3. The second kappa shape index (κ2) is 7.09. The molecule has 2 N–H and O–H groups in total. The third kappa shape index (κ3) is 3.77. The average molecular weight is 302 g/mol. The zero-order valence-electron chi connectivity index (χ0n) is 13.2. The van der Waals surface area contributed by atoms with Gasteiger partial charge in [0.15, 0.2) is 0 Å². The lowest BCUT2D eigenvalue weighted by molar-refractivity contribution is -0.132. The Morgan fingerprint density at radius 3 is 2.50 bits per heavy atom. The largest absolute Gasteiger partial charge is 0.397 e. The van der Waals surface area contributed by atoms with Crippen molar-refractivity contribution in [3.63, 3.8) is 0 Å². The molecule has 2 aliphatic rings. The van der Waals surface area contributed by atoms with Gasteiger partial charge in [-0.05, 0) is 50.9 Å². The summed E-state index contributed by atoms with van der Waals surface area (Å²) in [6.07, 6.45) is 8.27. The predicted octanol–water partition coefficient (Wildman–Crippen LogP) is 1.68. The summed E-state index contributed by atoms with van der Waals surface area (Å²) in [6.45, 7) is 4.26. The lowest BCUT2D eigenvalue weighted by atomic mass is 9.99. The minimum absolute atomic E-state index is 0.189. The predicted molar refractivity (Wildman–Crippen MR) is 87.4 cm³/mol. The zero-order chi connectivity index (χ0) is 15.4. The van der Waals surface area contributed by atoms with Gasteiger partial charge in [-0.1, -0.05) is 6.42 Å². The maximum atomic E-state index is 12.4. The number of piperidine rings is 2. The van der Waals surface area contributed by atoms with Crippen LogP contribution in [-0.2, 0) is 11.2 Å². The summed E-state index contributed by atoms with van der Waals surface area (Å²) in [4.78, 5) is 21.2. The number of carbonyl (C=O) groups is 1. The van der Waals surface area contributed by atoms with Crippen molar-refractivity contribution in [2.45, 2.75) is 44.6 Å². The fourth-order valence-corrected chi connectivity index (χ4v) is 3.57. The third-order valence-electron chi connectivity index (χ3n) is 4.90. The van der Waals surface area contributed by atoms with E-state index in [0.717, 1.165) is 31.6 Å². The van der Waals surface area contributed by atoms with Gasteiger partial charge in [0.1, 0.15) is 0 Å². The molecular weight excluding hydrogens is 276 g/mol. The van der Waals surface area contributed by atoms with E-state index in [2.05, 4.69) is 9.88 Å². The molecule has 1 aromatic rings. The van der Waals surface area contributed by atoms with Crippen LogP contribution in [0.3, 0.4) is 0 Å². The van der Waals surface area contributed by atoms with Crippen molar-refractivity contribution in [3.05, 3.63) is 24.0 Å². The smallest absolute Gasteiger partial charge is 0.228 e. The second-order valence-corrected chi connectivity index (χ2v) is 6.47. The molecule has 5 nitrogen and oxygen atoms in total. The highest BCUT2D eigenvalue weighted by atomic mass is 16.2. The Morgan fingerprint density at radius 1 is 1.14 bits per heavy atom. The Kier molecular flexibility index (Phi) is 4.93. The van der Waals surface area contributed by atoms with E-state index in [0.29, 0.717) is 18.2 Å². The summed E-state index contributed by atoms with van der Waals surface area (Å²) >= 11 is 0. The van der Waals surface area contributed by atoms with Gasteiger partial charge in [0, 0.05) is 24.8 Å². The number of nitrogens with two attached hydrogens (primary N) is 1. The van der Waals surface area contributed by atoms with E-state index in [1.165, 1.54) is 32.4 Å². The Morgan fingerprint density at radius 2 is 1.86 bits per heavy atom. The first-order chi connectivity index (χ1) is 10.7. The van der Waals surface area contributed by atoms with Crippen molar-refractivity contribution in [2.24, 2.45) is 0 Å². The molecule has 2 aliphatic heterocycles. The van der Waals surface area contributed by atoms with Gasteiger partial charge in [-0.15, -0.1) is 0 Å². The highest BCUT2D eigenvalue weighted by molar-refractivity contribution is 5.78. The maximum absolute atomic E-state index is 12.4. The average Bonchev–Trinajstić information content (AvgIpc) is 2.58. The SMILES string of the molecule is Nc1ccc(CC(=O)N2CCC(N3CCCCC3)CC2)nc1. The van der Waals surface area contributed by atoms with Crippen LogP contribution in [0.1, 0.15) is 37.8 Å². The van der Waals surface area contributed by atoms with Gasteiger partial charge in [-0.2, -0.15) is 0 Å². The van der Waals surface area contributed by atoms with Crippen molar-refractivity contribution in [1.82, 2.24) is 14.8 Å². The quantitative estimate of drug-likeness (QED) is 0.923. The fourth-order valence-electron chi connectivity index (χ4n) is 3.57. The minimum atomic E-state index is 0.189. The van der Waals surface area contributed by atoms with E-state index in [-0.39, 0.29) is 5.91 Å². The van der Waals surface area contributed by atoms with E-state index in [1.807, 2.05) is 11.0 Å². The van der Waals surface area contributed by atoms with Crippen LogP contribution in [0.15, 0.2) is 18.3 Å². The number of nitrogens with zero attached hydrogens (tertiary/aromatic N) is 3. The number of aromatic nitrogens is 1. The topological polar surface area (TPSA) is 62.5 Å². The summed E-state index contributed by atoms with van der Waals surface area (Å²) in [5.74, 6) is 0.189. The van der Waals surface area contributed by atoms with Gasteiger partial charge in [-0.25, -0.2) is 0 Å². The molecule has 2 fully saturated rings. The fraction of sp³-hybridized carbons (Fsp3) is 0.647. The maximum Gasteiger partial charge on any atom is 0.228 e. The Bertz CT molecular complexity index is 488. The first kappa shape index (κ1) is 15.3. The molecule has 3 heterocycles. The molecule has 1 amide bonds. The Hall–Kier alpha value is -1.62. The van der Waals surface area contributed by atoms with Crippen molar-refractivity contribution in [2.75, 3.05) is 31.9 Å². The van der Waals surface area contributed by atoms with Crippen LogP contribution in [0.4, 0.5) is 5.69 Å². The first-order valence-corrected chi connectivity index (χ1v) is 8.44. The minimum Gasteiger partial charge on any atom is -0.397 e. The van der Waals surface area contributed by atoms with Gasteiger partial charge in [0.25, 0.3) is 0 Å². The molecule has 2 saturated heterocycles. The van der Waals surface area contributed by atoms with Crippen LogP contribution in [-0.4, -0.2) is 52.9 Å². The van der Waals surface area contributed by atoms with Crippen LogP contribution in [0, 0.1) is 0 Å². The van der Waals surface area contributed by atoms with Crippen molar-refractivity contribution >= 4 is 11.6 Å². The standard InChI is InChI=1S/C17H26N4O/c18-14-4-5-15(19-13-14)12-17(22)21-10-6-16(7-11-21)20-8-2-1-3-9-20/h4-5,13,16H,1-3,6-12,18H2. The van der Waals surface area contributed by atoms with Crippen LogP contribution < -0.4 is 5.73 Å². The van der Waals surface area contributed by atoms with E-state index < -0.39 is 0 Å². The van der Waals surface area contributed by atoms with Crippen LogP contribution in [0.2, 0.25) is 0 Å². The van der Waals surface area contributed by atoms with Gasteiger partial charge >= 0.3 is 0 Å². The molecule has 0 spiro atoms. The highest BCUT2D eigenvalue weighted by Gasteiger charge is 2.27. The number of likely N-dealkylation sites (tertiary alicyclic amines) is 2. The molecule has 1 aromatic heterocycles. The molecule has 0 radical (unpaired) electrons. The van der Waals surface area contributed by atoms with Gasteiger partial charge in [0.05, 0.1) is 18.3 Å². The summed E-state index contributed by atoms with van der Waals surface area (Å²) in [5, 5.41) is 0. The third-order valence-corrected chi connectivity index (χ3v) is 4.90. The number of nitrogen functional groups attached to an aromatic ring is 1. The highest BCUT2D eigenvalue weighted by Crippen LogP contribution is 2.21. The number of carbonyl (C=O) groups excluding carboxylic acids is 1. The van der Waals surface area contributed by atoms with E-state index in [9.17, 15) is 4.79 Å². The lowest BCUT2D eigenvalue weighted by Crippen LogP contribution is -2.48. The zero-order valence-corrected chi connectivity index (χ0v) is 13.2. The van der Waals surface area contributed by atoms with E-state index in [1.54, 1.807) is 12.3 Å². The van der Waals surface area contributed by atoms with Gasteiger partial charge in [0.2, 0.25) is 5.91 Å². The Labute approximate surface area is 132 Å². The molecule has 5 heteroatoms. The van der Waals surface area contributed by atoms with Crippen LogP contribution >= 0.6 is 0 Å². The molecule has 22 heavy (non-hydrogen) atoms. The number of anilines is 1. The van der Waals surface area contributed by atoms with Crippen LogP contribution in [0.5, 0.6) is 0 Å². The molecule has 120 valence electrons. The molecule has 0 aliphatic carbocycles. The second-order valence-electron chi connectivity index (χ2n) is 6.47. The van der Waals surface area contributed by atoms with Gasteiger partial charge < -0.3 is 15.5 Å². The monoisotopic (exact) mass is 302 g/mol. The molecule has 0 unspecified atom stereocenters. The van der Waals surface area contributed by atoms with Gasteiger partial charge in [-0.3, -0.25) is 9.78 Å². The number of amides is 1. The summed E-state index contributed by atoms with van der Waals surface area (Å²) < 4.78 is 0. The summed E-state index contributed by atoms with van der Waals surface area (Å²) in [5.41, 5.74) is 7.06. The Balaban J connectivity index is 1.48. The normalized spacial score (nSPS) is 21.0. The molecule has 0 bridgehead atoms. The summed E-state index contributed by atoms with van der Waals surface area (Å²) in [7, 11) is 0. The molecule has 0 aromatic carbocycles. The van der Waals surface area contributed by atoms with E-state index >= 15 is 0 Å². The molecule has 0 atom stereocenters. The lowest BCUT2D eigenvalue weighted by Gasteiger charge is -2.40. The molecule has 0 saturated carbocycles. The number of hydrogen-bond acceptors (Lipinski definition) is 4. The van der Waals surface area contributed by atoms with Crippen molar-refractivity contribution < 1.29 is 4.79 Å². The van der Waals surface area contributed by atoms with Crippen LogP contribution in [0.25, 0.3) is 0 Å². The molecule has 3 rings (SSSR count). The van der Waals surface area contributed by atoms with Crippen molar-refractivity contribution in [3.8, 4) is 0 Å². The van der Waals surface area contributed by atoms with E-state index in [4.69, 9.17) is 5.73 Å².